The van der Waals surface area contributed by atoms with Crippen LogP contribution in [-0.4, -0.2) is 19.0 Å². The zero-order chi connectivity index (χ0) is 11.5. The van der Waals surface area contributed by atoms with Gasteiger partial charge in [-0.3, -0.25) is 4.79 Å². The molecule has 0 unspecified atom stereocenters. The highest BCUT2D eigenvalue weighted by atomic mass is 79.9. The molecule has 86 valence electrons. The lowest BCUT2D eigenvalue weighted by Gasteiger charge is -2.21. The van der Waals surface area contributed by atoms with E-state index in [1.54, 1.807) is 0 Å². The van der Waals surface area contributed by atoms with E-state index in [0.717, 1.165) is 28.4 Å². The van der Waals surface area contributed by atoms with Crippen LogP contribution in [0, 0.1) is 12.8 Å². The average molecular weight is 283 g/mol. The van der Waals surface area contributed by atoms with Gasteiger partial charge < -0.3 is 4.74 Å². The summed E-state index contributed by atoms with van der Waals surface area (Å²) >= 11 is 3.50. The summed E-state index contributed by atoms with van der Waals surface area (Å²) in [4.78, 5) is 12.3. The van der Waals surface area contributed by atoms with E-state index in [1.165, 1.54) is 0 Å². The molecular weight excluding hydrogens is 268 g/mol. The van der Waals surface area contributed by atoms with Crippen molar-refractivity contribution in [1.29, 1.82) is 0 Å². The molecule has 0 amide bonds. The van der Waals surface area contributed by atoms with Crippen molar-refractivity contribution < 1.29 is 9.53 Å². The van der Waals surface area contributed by atoms with E-state index < -0.39 is 0 Å². The molecule has 0 atom stereocenters. The predicted molar refractivity (Wildman–Crippen MR) is 66.8 cm³/mol. The molecule has 0 aromatic heterocycles. The number of carbonyl (C=O) groups is 1. The summed E-state index contributed by atoms with van der Waals surface area (Å²) < 4.78 is 6.21. The quantitative estimate of drug-likeness (QED) is 0.778. The number of hydrogen-bond donors (Lipinski definition) is 0. The van der Waals surface area contributed by atoms with E-state index in [-0.39, 0.29) is 11.7 Å². The number of halogens is 1. The number of hydrogen-bond acceptors (Lipinski definition) is 2. The molecule has 2 rings (SSSR count). The fourth-order valence-corrected chi connectivity index (χ4v) is 2.48. The van der Waals surface area contributed by atoms with Crippen molar-refractivity contribution in [2.45, 2.75) is 19.8 Å². The Bertz CT molecular complexity index is 395. The van der Waals surface area contributed by atoms with Crippen LogP contribution in [0.25, 0.3) is 0 Å². The molecule has 1 aliphatic rings. The van der Waals surface area contributed by atoms with Crippen LogP contribution in [0.2, 0.25) is 0 Å². The van der Waals surface area contributed by atoms with Gasteiger partial charge in [-0.1, -0.05) is 18.2 Å². The third kappa shape index (κ3) is 2.36. The van der Waals surface area contributed by atoms with Crippen LogP contribution in [0.4, 0.5) is 0 Å². The minimum absolute atomic E-state index is 0.131. The Hall–Kier alpha value is -0.670. The molecule has 1 saturated heterocycles. The van der Waals surface area contributed by atoms with Gasteiger partial charge in [-0.05, 0) is 41.3 Å². The zero-order valence-corrected chi connectivity index (χ0v) is 10.9. The van der Waals surface area contributed by atoms with Crippen LogP contribution in [0.1, 0.15) is 28.8 Å². The van der Waals surface area contributed by atoms with Gasteiger partial charge in [-0.15, -0.1) is 0 Å². The minimum Gasteiger partial charge on any atom is -0.381 e. The van der Waals surface area contributed by atoms with Crippen LogP contribution < -0.4 is 0 Å². The molecule has 0 bridgehead atoms. The Balaban J connectivity index is 2.22. The Kier molecular flexibility index (Phi) is 3.77. The Labute approximate surface area is 104 Å². The van der Waals surface area contributed by atoms with Gasteiger partial charge in [0.05, 0.1) is 0 Å². The first-order valence-corrected chi connectivity index (χ1v) is 6.36. The summed E-state index contributed by atoms with van der Waals surface area (Å²) in [7, 11) is 0. The lowest BCUT2D eigenvalue weighted by molar-refractivity contribution is 0.0544. The largest absolute Gasteiger partial charge is 0.381 e. The van der Waals surface area contributed by atoms with Crippen molar-refractivity contribution in [2.75, 3.05) is 13.2 Å². The van der Waals surface area contributed by atoms with Crippen molar-refractivity contribution in [2.24, 2.45) is 5.92 Å². The topological polar surface area (TPSA) is 26.3 Å². The van der Waals surface area contributed by atoms with Crippen LogP contribution in [0.3, 0.4) is 0 Å². The summed E-state index contributed by atoms with van der Waals surface area (Å²) in [6, 6.07) is 5.84. The fraction of sp³-hybridized carbons (Fsp3) is 0.462. The predicted octanol–water partition coefficient (Wildman–Crippen LogP) is 3.37. The highest BCUT2D eigenvalue weighted by molar-refractivity contribution is 9.10. The maximum atomic E-state index is 12.3. The van der Waals surface area contributed by atoms with E-state index in [2.05, 4.69) is 15.9 Å². The molecule has 0 N–H and O–H groups in total. The summed E-state index contributed by atoms with van der Waals surface area (Å²) in [5.41, 5.74) is 1.92. The standard InChI is InChI=1S/C13H15BrO2/c1-9-3-2-4-11(12(9)14)13(15)10-5-7-16-8-6-10/h2-4,10H,5-8H2,1H3. The summed E-state index contributed by atoms with van der Waals surface area (Å²) in [6.07, 6.45) is 1.69. The van der Waals surface area contributed by atoms with Crippen LogP contribution in [-0.2, 0) is 4.74 Å². The first-order chi connectivity index (χ1) is 7.70. The van der Waals surface area contributed by atoms with Gasteiger partial charge >= 0.3 is 0 Å². The molecule has 3 heteroatoms. The fourth-order valence-electron chi connectivity index (χ4n) is 2.02. The molecule has 1 aliphatic heterocycles. The van der Waals surface area contributed by atoms with Crippen LogP contribution in [0.15, 0.2) is 22.7 Å². The van der Waals surface area contributed by atoms with Crippen LogP contribution in [0.5, 0.6) is 0 Å². The maximum Gasteiger partial charge on any atom is 0.167 e. The van der Waals surface area contributed by atoms with Gasteiger partial charge in [0, 0.05) is 29.2 Å². The first-order valence-electron chi connectivity index (χ1n) is 5.57. The molecule has 1 fully saturated rings. The van der Waals surface area contributed by atoms with Crippen LogP contribution >= 0.6 is 15.9 Å². The molecule has 1 aromatic carbocycles. The number of benzene rings is 1. The van der Waals surface area contributed by atoms with E-state index in [0.29, 0.717) is 13.2 Å². The molecule has 0 aliphatic carbocycles. The monoisotopic (exact) mass is 282 g/mol. The second-order valence-corrected chi connectivity index (χ2v) is 4.98. The number of carbonyl (C=O) groups excluding carboxylic acids is 1. The molecule has 0 spiro atoms. The van der Waals surface area contributed by atoms with E-state index >= 15 is 0 Å². The first kappa shape index (κ1) is 11.8. The second-order valence-electron chi connectivity index (χ2n) is 4.19. The van der Waals surface area contributed by atoms with Gasteiger partial charge in [-0.2, -0.15) is 0 Å². The van der Waals surface area contributed by atoms with E-state index in [9.17, 15) is 4.79 Å². The van der Waals surface area contributed by atoms with Gasteiger partial charge in [-0.25, -0.2) is 0 Å². The maximum absolute atomic E-state index is 12.3. The normalized spacial score (nSPS) is 17.4. The highest BCUT2D eigenvalue weighted by Crippen LogP contribution is 2.27. The molecule has 2 nitrogen and oxygen atoms in total. The molecule has 0 saturated carbocycles. The average Bonchev–Trinajstić information content (AvgIpc) is 2.33. The van der Waals surface area contributed by atoms with E-state index in [1.807, 2.05) is 25.1 Å². The Morgan fingerprint density at radius 3 is 2.75 bits per heavy atom. The molecule has 16 heavy (non-hydrogen) atoms. The Morgan fingerprint density at radius 1 is 1.38 bits per heavy atom. The lowest BCUT2D eigenvalue weighted by Crippen LogP contribution is -2.23. The van der Waals surface area contributed by atoms with E-state index in [4.69, 9.17) is 4.74 Å². The van der Waals surface area contributed by atoms with Gasteiger partial charge in [0.15, 0.2) is 5.78 Å². The smallest absolute Gasteiger partial charge is 0.167 e. The SMILES string of the molecule is Cc1cccc(C(=O)C2CCOCC2)c1Br. The minimum atomic E-state index is 0.131. The summed E-state index contributed by atoms with van der Waals surface area (Å²) in [6.45, 7) is 3.42. The summed E-state index contributed by atoms with van der Waals surface area (Å²) in [5, 5.41) is 0. The number of ketones is 1. The van der Waals surface area contributed by atoms with Gasteiger partial charge in [0.2, 0.25) is 0 Å². The van der Waals surface area contributed by atoms with Crippen molar-refractivity contribution in [3.8, 4) is 0 Å². The lowest BCUT2D eigenvalue weighted by atomic mass is 9.90. The number of aryl methyl sites for hydroxylation is 1. The van der Waals surface area contributed by atoms with Crippen molar-refractivity contribution in [1.82, 2.24) is 0 Å². The third-order valence-electron chi connectivity index (χ3n) is 3.05. The summed E-state index contributed by atoms with van der Waals surface area (Å²) in [5.74, 6) is 0.380. The Morgan fingerprint density at radius 2 is 2.06 bits per heavy atom. The number of rotatable bonds is 2. The van der Waals surface area contributed by atoms with Crippen molar-refractivity contribution >= 4 is 21.7 Å². The number of Topliss-reactive ketones (excluding diaryl/α,β-unsaturated/α-hetero) is 1. The molecular formula is C13H15BrO2. The zero-order valence-electron chi connectivity index (χ0n) is 9.33. The molecule has 0 radical (unpaired) electrons. The molecule has 1 heterocycles. The highest BCUT2D eigenvalue weighted by Gasteiger charge is 2.24. The molecule has 1 aromatic rings. The number of ether oxygens (including phenoxy) is 1. The van der Waals surface area contributed by atoms with Gasteiger partial charge in [0.1, 0.15) is 0 Å². The van der Waals surface area contributed by atoms with Crippen molar-refractivity contribution in [3.63, 3.8) is 0 Å². The van der Waals surface area contributed by atoms with Gasteiger partial charge in [0.25, 0.3) is 0 Å². The van der Waals surface area contributed by atoms with Crippen molar-refractivity contribution in [3.05, 3.63) is 33.8 Å². The third-order valence-corrected chi connectivity index (χ3v) is 4.10. The second kappa shape index (κ2) is 5.11.